The first kappa shape index (κ1) is 12.5. The molecule has 0 aliphatic carbocycles. The zero-order chi connectivity index (χ0) is 13.1. The van der Waals surface area contributed by atoms with E-state index in [4.69, 9.17) is 12.2 Å². The number of aromatic amines is 1. The number of hydrogen-bond donors (Lipinski definition) is 2. The number of hydrogen-bond acceptors (Lipinski definition) is 2. The molecule has 1 amide bonds. The van der Waals surface area contributed by atoms with Crippen molar-refractivity contribution in [3.05, 3.63) is 57.9 Å². The van der Waals surface area contributed by atoms with E-state index in [0.717, 1.165) is 16.8 Å². The van der Waals surface area contributed by atoms with Gasteiger partial charge in [-0.25, -0.2) is 0 Å². The molecule has 1 heterocycles. The molecule has 0 spiro atoms. The molecule has 0 aliphatic heterocycles. The molecule has 18 heavy (non-hydrogen) atoms. The standard InChI is InChI=1S/C14H14N2OS/c1-9-5-3-6-10(2)12(9)16-13(17)11-7-4-8-15-14(11)18/h3-8H,1-2H3,(H,15,18)(H,16,17). The van der Waals surface area contributed by atoms with Crippen LogP contribution < -0.4 is 5.32 Å². The monoisotopic (exact) mass is 258 g/mol. The second-order valence-corrected chi connectivity index (χ2v) is 4.54. The van der Waals surface area contributed by atoms with Gasteiger partial charge in [-0.2, -0.15) is 0 Å². The van der Waals surface area contributed by atoms with E-state index >= 15 is 0 Å². The van der Waals surface area contributed by atoms with Crippen molar-refractivity contribution in [1.29, 1.82) is 0 Å². The fourth-order valence-electron chi connectivity index (χ4n) is 1.79. The molecule has 2 aromatic rings. The van der Waals surface area contributed by atoms with Crippen LogP contribution in [0.3, 0.4) is 0 Å². The van der Waals surface area contributed by atoms with E-state index < -0.39 is 0 Å². The van der Waals surface area contributed by atoms with Crippen LogP contribution in [0, 0.1) is 18.5 Å². The van der Waals surface area contributed by atoms with Gasteiger partial charge in [0.25, 0.3) is 5.91 Å². The van der Waals surface area contributed by atoms with Crippen LogP contribution in [0.2, 0.25) is 0 Å². The Hall–Kier alpha value is -1.94. The van der Waals surface area contributed by atoms with Gasteiger partial charge in [0, 0.05) is 11.9 Å². The van der Waals surface area contributed by atoms with Gasteiger partial charge in [-0.1, -0.05) is 30.4 Å². The largest absolute Gasteiger partial charge is 0.352 e. The molecule has 2 rings (SSSR count). The van der Waals surface area contributed by atoms with Crippen LogP contribution >= 0.6 is 12.2 Å². The van der Waals surface area contributed by atoms with E-state index in [2.05, 4.69) is 10.3 Å². The SMILES string of the molecule is Cc1cccc(C)c1NC(=O)c1ccc[nH]c1=S. The predicted octanol–water partition coefficient (Wildman–Crippen LogP) is 3.61. The van der Waals surface area contributed by atoms with E-state index in [0.29, 0.717) is 10.2 Å². The molecular weight excluding hydrogens is 244 g/mol. The Morgan fingerprint density at radius 1 is 1.17 bits per heavy atom. The summed E-state index contributed by atoms with van der Waals surface area (Å²) in [4.78, 5) is 15.0. The normalized spacial score (nSPS) is 10.1. The van der Waals surface area contributed by atoms with Gasteiger partial charge in [0.1, 0.15) is 4.64 Å². The van der Waals surface area contributed by atoms with Crippen LogP contribution in [0.1, 0.15) is 21.5 Å². The highest BCUT2D eigenvalue weighted by atomic mass is 32.1. The van der Waals surface area contributed by atoms with Gasteiger partial charge in [-0.3, -0.25) is 4.79 Å². The van der Waals surface area contributed by atoms with Crippen molar-refractivity contribution < 1.29 is 4.79 Å². The van der Waals surface area contributed by atoms with Gasteiger partial charge in [-0.15, -0.1) is 0 Å². The van der Waals surface area contributed by atoms with Crippen molar-refractivity contribution in [2.45, 2.75) is 13.8 Å². The number of nitrogens with one attached hydrogen (secondary N) is 2. The average Bonchev–Trinajstić information content (AvgIpc) is 2.34. The number of rotatable bonds is 2. The Morgan fingerprint density at radius 2 is 1.83 bits per heavy atom. The minimum absolute atomic E-state index is 0.186. The van der Waals surface area contributed by atoms with Crippen molar-refractivity contribution >= 4 is 23.8 Å². The van der Waals surface area contributed by atoms with E-state index in [1.54, 1.807) is 18.3 Å². The van der Waals surface area contributed by atoms with Crippen LogP contribution in [0.15, 0.2) is 36.5 Å². The summed E-state index contributed by atoms with van der Waals surface area (Å²) >= 11 is 5.09. The predicted molar refractivity (Wildman–Crippen MR) is 75.5 cm³/mol. The third kappa shape index (κ3) is 2.49. The molecule has 1 aromatic heterocycles. The molecule has 4 heteroatoms. The number of amides is 1. The van der Waals surface area contributed by atoms with E-state index in [1.165, 1.54) is 0 Å². The fraction of sp³-hybridized carbons (Fsp3) is 0.143. The lowest BCUT2D eigenvalue weighted by molar-refractivity contribution is 0.102. The number of benzene rings is 1. The lowest BCUT2D eigenvalue weighted by Gasteiger charge is -2.11. The first-order chi connectivity index (χ1) is 8.59. The van der Waals surface area contributed by atoms with Gasteiger partial charge in [0.05, 0.1) is 5.56 Å². The molecule has 2 N–H and O–H groups in total. The maximum atomic E-state index is 12.1. The summed E-state index contributed by atoms with van der Waals surface area (Å²) in [7, 11) is 0. The van der Waals surface area contributed by atoms with Gasteiger partial charge >= 0.3 is 0 Å². The van der Waals surface area contributed by atoms with Crippen LogP contribution in [-0.2, 0) is 0 Å². The third-order valence-electron chi connectivity index (χ3n) is 2.78. The Labute approximate surface area is 111 Å². The highest BCUT2D eigenvalue weighted by Crippen LogP contribution is 2.20. The van der Waals surface area contributed by atoms with Crippen LogP contribution in [0.25, 0.3) is 0 Å². The minimum atomic E-state index is -0.186. The molecule has 0 saturated carbocycles. The van der Waals surface area contributed by atoms with Crippen molar-refractivity contribution in [1.82, 2.24) is 4.98 Å². The average molecular weight is 258 g/mol. The second-order valence-electron chi connectivity index (χ2n) is 4.13. The summed E-state index contributed by atoms with van der Waals surface area (Å²) < 4.78 is 0.446. The highest BCUT2D eigenvalue weighted by molar-refractivity contribution is 7.71. The zero-order valence-corrected chi connectivity index (χ0v) is 11.1. The molecule has 3 nitrogen and oxygen atoms in total. The fourth-order valence-corrected chi connectivity index (χ4v) is 2.02. The first-order valence-electron chi connectivity index (χ1n) is 5.65. The number of carbonyl (C=O) groups is 1. The number of carbonyl (C=O) groups excluding carboxylic acids is 1. The third-order valence-corrected chi connectivity index (χ3v) is 3.12. The second kappa shape index (κ2) is 5.14. The maximum Gasteiger partial charge on any atom is 0.258 e. The summed E-state index contributed by atoms with van der Waals surface area (Å²) in [6, 6.07) is 9.37. The molecule has 0 radical (unpaired) electrons. The first-order valence-corrected chi connectivity index (χ1v) is 6.05. The van der Waals surface area contributed by atoms with E-state index in [-0.39, 0.29) is 5.91 Å². The summed E-state index contributed by atoms with van der Waals surface area (Å²) in [5, 5.41) is 2.91. The van der Waals surface area contributed by atoms with E-state index in [1.807, 2.05) is 32.0 Å². The Bertz CT molecular complexity index is 626. The van der Waals surface area contributed by atoms with Crippen molar-refractivity contribution in [3.8, 4) is 0 Å². The number of aryl methyl sites for hydroxylation is 2. The molecule has 0 bridgehead atoms. The lowest BCUT2D eigenvalue weighted by Crippen LogP contribution is -2.14. The minimum Gasteiger partial charge on any atom is -0.352 e. The molecule has 0 aliphatic rings. The quantitative estimate of drug-likeness (QED) is 0.808. The van der Waals surface area contributed by atoms with Crippen LogP contribution in [-0.4, -0.2) is 10.9 Å². The molecule has 0 saturated heterocycles. The molecule has 1 aromatic carbocycles. The lowest BCUT2D eigenvalue weighted by atomic mass is 10.1. The number of aromatic nitrogens is 1. The van der Waals surface area contributed by atoms with Gasteiger partial charge in [-0.05, 0) is 37.1 Å². The van der Waals surface area contributed by atoms with Gasteiger partial charge in [0.15, 0.2) is 0 Å². The number of anilines is 1. The molecule has 0 atom stereocenters. The summed E-state index contributed by atoms with van der Waals surface area (Å²) in [6.07, 6.45) is 1.71. The van der Waals surface area contributed by atoms with Gasteiger partial charge < -0.3 is 10.3 Å². The molecule has 0 fully saturated rings. The number of pyridine rings is 1. The van der Waals surface area contributed by atoms with Crippen molar-refractivity contribution in [2.75, 3.05) is 5.32 Å². The van der Waals surface area contributed by atoms with Crippen LogP contribution in [0.5, 0.6) is 0 Å². The maximum absolute atomic E-state index is 12.1. The van der Waals surface area contributed by atoms with Crippen molar-refractivity contribution in [2.24, 2.45) is 0 Å². The summed E-state index contributed by atoms with van der Waals surface area (Å²) in [5.74, 6) is -0.186. The smallest absolute Gasteiger partial charge is 0.258 e. The van der Waals surface area contributed by atoms with E-state index in [9.17, 15) is 4.79 Å². The number of H-pyrrole nitrogens is 1. The summed E-state index contributed by atoms with van der Waals surface area (Å²) in [6.45, 7) is 3.93. The molecular formula is C14H14N2OS. The zero-order valence-electron chi connectivity index (χ0n) is 10.3. The topological polar surface area (TPSA) is 44.9 Å². The highest BCUT2D eigenvalue weighted by Gasteiger charge is 2.10. The van der Waals surface area contributed by atoms with Gasteiger partial charge in [0.2, 0.25) is 0 Å². The Balaban J connectivity index is 2.33. The molecule has 0 unspecified atom stereocenters. The van der Waals surface area contributed by atoms with Crippen LogP contribution in [0.4, 0.5) is 5.69 Å². The Kier molecular flexibility index (Phi) is 3.58. The molecule has 92 valence electrons. The van der Waals surface area contributed by atoms with Crippen molar-refractivity contribution in [3.63, 3.8) is 0 Å². The summed E-state index contributed by atoms with van der Waals surface area (Å²) in [5.41, 5.74) is 3.40. The Morgan fingerprint density at radius 3 is 2.44 bits per heavy atom. The number of para-hydroxylation sites is 1.